The summed E-state index contributed by atoms with van der Waals surface area (Å²) in [6.07, 6.45) is 0. The molecule has 6 aromatic rings. The van der Waals surface area contributed by atoms with E-state index in [4.69, 9.17) is 0 Å². The van der Waals surface area contributed by atoms with E-state index in [1.807, 2.05) is 0 Å². The molecule has 0 fully saturated rings. The fourth-order valence-corrected chi connectivity index (χ4v) is 5.37. The van der Waals surface area contributed by atoms with Gasteiger partial charge in [0.25, 0.3) is 0 Å². The average Bonchev–Trinajstić information content (AvgIpc) is 3.26. The van der Waals surface area contributed by atoms with Gasteiger partial charge in [-0.15, -0.1) is 0 Å². The molecule has 0 aliphatic heterocycles. The first-order chi connectivity index (χ1) is 13.9. The van der Waals surface area contributed by atoms with Gasteiger partial charge in [-0.3, -0.25) is 0 Å². The van der Waals surface area contributed by atoms with Crippen LogP contribution in [0.25, 0.3) is 49.3 Å². The van der Waals surface area contributed by atoms with Crippen LogP contribution in [-0.4, -0.2) is 28.5 Å². The predicted octanol–water partition coefficient (Wildman–Crippen LogP) is 5.79. The molecule has 130 valence electrons. The first-order valence-corrected chi connectivity index (χ1v) is 10.8. The van der Waals surface area contributed by atoms with E-state index in [2.05, 4.69) is 104 Å². The van der Waals surface area contributed by atoms with Gasteiger partial charge in [0, 0.05) is 0 Å². The van der Waals surface area contributed by atoms with Crippen molar-refractivity contribution in [2.24, 2.45) is 0 Å². The molecule has 2 nitrogen and oxygen atoms in total. The van der Waals surface area contributed by atoms with Crippen LogP contribution in [0, 0.1) is 0 Å². The Bertz CT molecular complexity index is 1480. The van der Waals surface area contributed by atoms with Crippen LogP contribution >= 0.6 is 0 Å². The van der Waals surface area contributed by atoms with Crippen LogP contribution in [0.2, 0.25) is 0 Å². The number of para-hydroxylation sites is 3. The number of rotatable bonds is 2. The Hall–Kier alpha value is -3.12. The molecule has 0 bridgehead atoms. The van der Waals surface area contributed by atoms with E-state index in [9.17, 15) is 0 Å². The molecule has 2 heterocycles. The van der Waals surface area contributed by atoms with Gasteiger partial charge in [0.2, 0.25) is 0 Å². The van der Waals surface area contributed by atoms with Gasteiger partial charge < -0.3 is 0 Å². The van der Waals surface area contributed by atoms with Crippen LogP contribution in [0.1, 0.15) is 0 Å². The Labute approximate surface area is 168 Å². The SMILES string of the molecule is [CH2]=[Al][n]1c2ccccc2c2cc(-n3c4ccccc4c4ccccc43)ccc21. The maximum atomic E-state index is 4.22. The van der Waals surface area contributed by atoms with Crippen molar-refractivity contribution in [3.8, 4) is 5.69 Å². The third kappa shape index (κ3) is 2.06. The predicted molar refractivity (Wildman–Crippen MR) is 122 cm³/mol. The molecule has 4 aromatic carbocycles. The summed E-state index contributed by atoms with van der Waals surface area (Å²) in [6, 6.07) is 32.8. The van der Waals surface area contributed by atoms with Gasteiger partial charge in [-0.05, 0) is 0 Å². The molecule has 6 rings (SSSR count). The van der Waals surface area contributed by atoms with Crippen molar-refractivity contribution >= 4 is 64.0 Å². The Morgan fingerprint density at radius 1 is 0.536 bits per heavy atom. The van der Waals surface area contributed by atoms with Crippen LogP contribution < -0.4 is 0 Å². The topological polar surface area (TPSA) is 9.86 Å². The van der Waals surface area contributed by atoms with Crippen LogP contribution in [0.15, 0.2) is 91.0 Å². The number of aromatic nitrogens is 2. The van der Waals surface area contributed by atoms with E-state index < -0.39 is 0 Å². The molecule has 0 aliphatic rings. The van der Waals surface area contributed by atoms with E-state index in [1.54, 1.807) is 0 Å². The Kier molecular flexibility index (Phi) is 3.37. The first-order valence-electron chi connectivity index (χ1n) is 9.50. The summed E-state index contributed by atoms with van der Waals surface area (Å²) >= 11 is -0.0608. The molecule has 0 N–H and O–H groups in total. The molecule has 0 aliphatic carbocycles. The van der Waals surface area contributed by atoms with Crippen molar-refractivity contribution in [1.82, 2.24) is 8.12 Å². The zero-order valence-corrected chi connectivity index (χ0v) is 16.5. The third-order valence-corrected chi connectivity index (χ3v) is 6.64. The quantitative estimate of drug-likeness (QED) is 0.341. The summed E-state index contributed by atoms with van der Waals surface area (Å²) < 4.78 is 4.76. The van der Waals surface area contributed by atoms with Gasteiger partial charge in [-0.25, -0.2) is 0 Å². The summed E-state index contributed by atoms with van der Waals surface area (Å²) in [6.45, 7) is 0. The van der Waals surface area contributed by atoms with Gasteiger partial charge in [0.15, 0.2) is 0 Å². The zero-order valence-electron chi connectivity index (χ0n) is 15.3. The fraction of sp³-hybridized carbons (Fsp3) is 0. The molecule has 28 heavy (non-hydrogen) atoms. The Morgan fingerprint density at radius 3 is 1.64 bits per heavy atom. The van der Waals surface area contributed by atoms with Crippen LogP contribution in [0.5, 0.6) is 0 Å². The molecule has 0 unspecified atom stereocenters. The third-order valence-electron chi connectivity index (χ3n) is 5.71. The zero-order chi connectivity index (χ0) is 18.7. The number of fused-ring (bicyclic) bond motifs is 6. The second kappa shape index (κ2) is 5.94. The van der Waals surface area contributed by atoms with Crippen molar-refractivity contribution in [2.75, 3.05) is 0 Å². The second-order valence-corrected chi connectivity index (χ2v) is 8.02. The molecule has 0 atom stereocenters. The van der Waals surface area contributed by atoms with Gasteiger partial charge in [0.05, 0.1) is 0 Å². The van der Waals surface area contributed by atoms with Gasteiger partial charge in [-0.2, -0.15) is 0 Å². The minimum absolute atomic E-state index is 0.0608. The van der Waals surface area contributed by atoms with Crippen molar-refractivity contribution < 1.29 is 0 Å². The molecule has 0 spiro atoms. The van der Waals surface area contributed by atoms with Crippen LogP contribution in [-0.2, 0) is 0 Å². The second-order valence-electron chi connectivity index (χ2n) is 7.14. The van der Waals surface area contributed by atoms with E-state index in [1.165, 1.54) is 49.3 Å². The molecule has 0 radical (unpaired) electrons. The molecule has 0 amide bonds. The van der Waals surface area contributed by atoms with E-state index >= 15 is 0 Å². The summed E-state index contributed by atoms with van der Waals surface area (Å²) in [5.41, 5.74) is 6.24. The summed E-state index contributed by atoms with van der Waals surface area (Å²) in [5, 5.41) is 9.41. The molecule has 3 heteroatoms. The van der Waals surface area contributed by atoms with Crippen molar-refractivity contribution in [1.29, 1.82) is 0 Å². The molecular formula is C25H17AlN2. The average molecular weight is 372 g/mol. The van der Waals surface area contributed by atoms with E-state index in [-0.39, 0.29) is 15.0 Å². The maximum absolute atomic E-state index is 4.22. The van der Waals surface area contributed by atoms with Gasteiger partial charge in [-0.1, -0.05) is 0 Å². The Morgan fingerprint density at radius 2 is 1.04 bits per heavy atom. The summed E-state index contributed by atoms with van der Waals surface area (Å²) in [4.78, 5) is 0. The molecule has 0 saturated carbocycles. The fourth-order valence-electron chi connectivity index (χ4n) is 4.53. The molecule has 0 saturated heterocycles. The number of hydrogen-bond acceptors (Lipinski definition) is 0. The number of benzene rings is 4. The molecule has 2 aromatic heterocycles. The van der Waals surface area contributed by atoms with Crippen LogP contribution in [0.4, 0.5) is 0 Å². The number of nitrogens with zero attached hydrogens (tertiary/aromatic N) is 2. The monoisotopic (exact) mass is 372 g/mol. The summed E-state index contributed by atoms with van der Waals surface area (Å²) in [5.74, 6) is 0. The van der Waals surface area contributed by atoms with Crippen molar-refractivity contribution in [2.45, 2.75) is 0 Å². The minimum atomic E-state index is -0.0608. The summed E-state index contributed by atoms with van der Waals surface area (Å²) in [7, 11) is 0. The van der Waals surface area contributed by atoms with Gasteiger partial charge in [0.1, 0.15) is 0 Å². The van der Waals surface area contributed by atoms with E-state index in [0.29, 0.717) is 0 Å². The van der Waals surface area contributed by atoms with Crippen molar-refractivity contribution in [3.63, 3.8) is 0 Å². The van der Waals surface area contributed by atoms with Crippen molar-refractivity contribution in [3.05, 3.63) is 91.0 Å². The first kappa shape index (κ1) is 15.9. The van der Waals surface area contributed by atoms with Gasteiger partial charge >= 0.3 is 169 Å². The standard InChI is InChI=1S/C24H15N2.CH2.Al/c1-4-10-21-17(7-1)20-15-16(13-14-22(20)25-21)26-23-11-5-2-8-18(23)19-9-3-6-12-24(19)26;;/h1-15H;1H2;/q-1;;+1. The normalized spacial score (nSPS) is 11.6. The van der Waals surface area contributed by atoms with E-state index in [0.717, 1.165) is 0 Å². The number of hydrogen-bond donors (Lipinski definition) is 0. The molecular weight excluding hydrogens is 355 g/mol. The Balaban J connectivity index is 1.76. The van der Waals surface area contributed by atoms with Crippen LogP contribution in [0.3, 0.4) is 0 Å².